The van der Waals surface area contributed by atoms with Crippen LogP contribution in [0.25, 0.3) is 0 Å². The maximum atomic E-state index is 12.2. The van der Waals surface area contributed by atoms with Gasteiger partial charge in [-0.15, -0.1) is 0 Å². The lowest BCUT2D eigenvalue weighted by Crippen LogP contribution is -2.46. The number of aliphatic hydroxyl groups excluding tert-OH is 1. The molecular weight excluding hydrogens is 328 g/mol. The van der Waals surface area contributed by atoms with Gasteiger partial charge in [-0.05, 0) is 18.1 Å². The Labute approximate surface area is 143 Å². The Balaban J connectivity index is 3.16. The van der Waals surface area contributed by atoms with E-state index in [4.69, 9.17) is 13.9 Å². The lowest BCUT2D eigenvalue weighted by molar-refractivity contribution is -0.151. The van der Waals surface area contributed by atoms with E-state index in [2.05, 4.69) is 13.2 Å². The topological polar surface area (TPSA) is 82.1 Å². The van der Waals surface area contributed by atoms with E-state index in [1.165, 1.54) is 6.08 Å². The molecule has 0 fully saturated rings. The standard InChI is InChI=1S/C17H26O6Si/c1-8-9-21-15(19)11(2)14(12-10-13(18)22-16(12)20)23-24(6,7)17(3,4)5/h8,10,14,16,20H,1-2,9H2,3-7H3. The molecule has 1 aliphatic rings. The molecule has 0 aromatic rings. The van der Waals surface area contributed by atoms with Gasteiger partial charge in [-0.2, -0.15) is 0 Å². The van der Waals surface area contributed by atoms with E-state index < -0.39 is 32.6 Å². The van der Waals surface area contributed by atoms with Crippen molar-refractivity contribution in [1.82, 2.24) is 0 Å². The number of esters is 2. The molecule has 0 aromatic carbocycles. The smallest absolute Gasteiger partial charge is 0.336 e. The predicted octanol–water partition coefficient (Wildman–Crippen LogP) is 2.46. The zero-order chi connectivity index (χ0) is 18.7. The lowest BCUT2D eigenvalue weighted by atomic mass is 10.0. The van der Waals surface area contributed by atoms with E-state index in [0.717, 1.165) is 6.08 Å². The largest absolute Gasteiger partial charge is 0.458 e. The van der Waals surface area contributed by atoms with Crippen LogP contribution in [-0.2, 0) is 23.5 Å². The number of rotatable bonds is 7. The normalized spacial score (nSPS) is 19.3. The molecule has 0 amide bonds. The molecule has 0 radical (unpaired) electrons. The Morgan fingerprint density at radius 2 is 2.08 bits per heavy atom. The maximum Gasteiger partial charge on any atom is 0.336 e. The maximum absolute atomic E-state index is 12.2. The van der Waals surface area contributed by atoms with Crippen LogP contribution in [0, 0.1) is 0 Å². The molecule has 0 bridgehead atoms. The molecule has 134 valence electrons. The fourth-order valence-corrected chi connectivity index (χ4v) is 2.99. The Kier molecular flexibility index (Phi) is 6.32. The van der Waals surface area contributed by atoms with Gasteiger partial charge in [0, 0.05) is 11.6 Å². The van der Waals surface area contributed by atoms with Crippen LogP contribution in [-0.4, -0.2) is 44.4 Å². The highest BCUT2D eigenvalue weighted by Crippen LogP contribution is 2.39. The van der Waals surface area contributed by atoms with E-state index in [1.807, 2.05) is 33.9 Å². The van der Waals surface area contributed by atoms with E-state index in [1.54, 1.807) is 0 Å². The second-order valence-corrected chi connectivity index (χ2v) is 11.9. The van der Waals surface area contributed by atoms with Crippen LogP contribution in [0.1, 0.15) is 20.8 Å². The first-order chi connectivity index (χ1) is 10.9. The first-order valence-electron chi connectivity index (χ1n) is 7.65. The number of hydrogen-bond acceptors (Lipinski definition) is 6. The zero-order valence-electron chi connectivity index (χ0n) is 14.9. The summed E-state index contributed by atoms with van der Waals surface area (Å²) in [6, 6.07) is 0. The number of cyclic esters (lactones) is 1. The first-order valence-corrected chi connectivity index (χ1v) is 10.6. The fraction of sp³-hybridized carbons (Fsp3) is 0.529. The van der Waals surface area contributed by atoms with Gasteiger partial charge in [-0.1, -0.05) is 40.0 Å². The van der Waals surface area contributed by atoms with Crippen LogP contribution >= 0.6 is 0 Å². The quantitative estimate of drug-likeness (QED) is 0.327. The average molecular weight is 354 g/mol. The summed E-state index contributed by atoms with van der Waals surface area (Å²) in [6.45, 7) is 17.4. The number of hydrogen-bond donors (Lipinski definition) is 1. The van der Waals surface area contributed by atoms with Crippen LogP contribution in [0.2, 0.25) is 18.1 Å². The molecule has 0 spiro atoms. The van der Waals surface area contributed by atoms with Crippen LogP contribution in [0.3, 0.4) is 0 Å². The summed E-state index contributed by atoms with van der Waals surface area (Å²) in [5.74, 6) is -1.36. The Morgan fingerprint density at radius 1 is 1.50 bits per heavy atom. The number of aliphatic hydroxyl groups is 1. The van der Waals surface area contributed by atoms with Crippen molar-refractivity contribution in [2.24, 2.45) is 0 Å². The van der Waals surface area contributed by atoms with Gasteiger partial charge < -0.3 is 19.0 Å². The average Bonchev–Trinajstić information content (AvgIpc) is 2.78. The number of ether oxygens (including phenoxy) is 2. The van der Waals surface area contributed by atoms with Gasteiger partial charge in [0.2, 0.25) is 6.29 Å². The molecule has 2 atom stereocenters. The molecule has 7 heteroatoms. The molecule has 1 heterocycles. The Hall–Kier alpha value is -1.70. The monoisotopic (exact) mass is 354 g/mol. The summed E-state index contributed by atoms with van der Waals surface area (Å²) in [5.41, 5.74) is 0.163. The second-order valence-electron chi connectivity index (χ2n) is 7.10. The van der Waals surface area contributed by atoms with Crippen molar-refractivity contribution in [2.45, 2.75) is 51.3 Å². The molecule has 24 heavy (non-hydrogen) atoms. The molecule has 0 aromatic heterocycles. The van der Waals surface area contributed by atoms with Gasteiger partial charge in [0.1, 0.15) is 12.7 Å². The molecular formula is C17H26O6Si. The van der Waals surface area contributed by atoms with E-state index >= 15 is 0 Å². The van der Waals surface area contributed by atoms with Crippen molar-refractivity contribution >= 4 is 20.3 Å². The van der Waals surface area contributed by atoms with Gasteiger partial charge in [-0.25, -0.2) is 9.59 Å². The second kappa shape index (κ2) is 7.46. The summed E-state index contributed by atoms with van der Waals surface area (Å²) in [6.07, 6.45) is 0.125. The summed E-state index contributed by atoms with van der Waals surface area (Å²) in [4.78, 5) is 23.6. The van der Waals surface area contributed by atoms with Gasteiger partial charge in [0.05, 0.1) is 5.57 Å². The van der Waals surface area contributed by atoms with E-state index in [-0.39, 0.29) is 22.8 Å². The van der Waals surface area contributed by atoms with Gasteiger partial charge >= 0.3 is 11.9 Å². The lowest BCUT2D eigenvalue weighted by Gasteiger charge is -2.39. The summed E-state index contributed by atoms with van der Waals surface area (Å²) >= 11 is 0. The fourth-order valence-electron chi connectivity index (χ4n) is 1.77. The summed E-state index contributed by atoms with van der Waals surface area (Å²) in [7, 11) is -2.33. The van der Waals surface area contributed by atoms with Crippen molar-refractivity contribution in [2.75, 3.05) is 6.61 Å². The van der Waals surface area contributed by atoms with Gasteiger partial charge in [0.25, 0.3) is 0 Å². The van der Waals surface area contributed by atoms with Crippen molar-refractivity contribution in [3.05, 3.63) is 36.5 Å². The van der Waals surface area contributed by atoms with Crippen LogP contribution in [0.4, 0.5) is 0 Å². The predicted molar refractivity (Wildman–Crippen MR) is 92.5 cm³/mol. The Bertz CT molecular complexity index is 570. The third-order valence-electron chi connectivity index (χ3n) is 4.23. The molecule has 0 saturated carbocycles. The van der Waals surface area contributed by atoms with Crippen LogP contribution in [0.5, 0.6) is 0 Å². The van der Waals surface area contributed by atoms with Crippen LogP contribution < -0.4 is 0 Å². The van der Waals surface area contributed by atoms with E-state index in [0.29, 0.717) is 0 Å². The molecule has 2 unspecified atom stereocenters. The molecule has 6 nitrogen and oxygen atoms in total. The summed E-state index contributed by atoms with van der Waals surface area (Å²) < 4.78 is 15.9. The zero-order valence-corrected chi connectivity index (χ0v) is 15.9. The van der Waals surface area contributed by atoms with Gasteiger partial charge in [-0.3, -0.25) is 0 Å². The number of carbonyl (C=O) groups is 2. The molecule has 1 rings (SSSR count). The third-order valence-corrected chi connectivity index (χ3v) is 8.67. The third kappa shape index (κ3) is 4.65. The highest BCUT2D eigenvalue weighted by molar-refractivity contribution is 6.74. The summed E-state index contributed by atoms with van der Waals surface area (Å²) in [5, 5.41) is 9.80. The van der Waals surface area contributed by atoms with Crippen molar-refractivity contribution in [1.29, 1.82) is 0 Å². The Morgan fingerprint density at radius 3 is 2.50 bits per heavy atom. The number of carbonyl (C=O) groups excluding carboxylic acids is 2. The molecule has 0 aliphatic carbocycles. The molecule has 1 aliphatic heterocycles. The van der Waals surface area contributed by atoms with E-state index in [9.17, 15) is 14.7 Å². The minimum atomic E-state index is -2.33. The SMILES string of the molecule is C=CCOC(=O)C(=C)C(O[Si](C)(C)C(C)(C)C)C1=CC(=O)OC1O. The van der Waals surface area contributed by atoms with Crippen LogP contribution in [0.15, 0.2) is 36.5 Å². The molecule has 1 N–H and O–H groups in total. The van der Waals surface area contributed by atoms with Gasteiger partial charge in [0.15, 0.2) is 8.32 Å². The highest BCUT2D eigenvalue weighted by Gasteiger charge is 2.44. The van der Waals surface area contributed by atoms with Crippen molar-refractivity contribution in [3.63, 3.8) is 0 Å². The van der Waals surface area contributed by atoms with Crippen molar-refractivity contribution in [3.8, 4) is 0 Å². The first kappa shape index (κ1) is 20.3. The minimum Gasteiger partial charge on any atom is -0.458 e. The minimum absolute atomic E-state index is 0.00488. The highest BCUT2D eigenvalue weighted by atomic mass is 28.4. The van der Waals surface area contributed by atoms with Crippen molar-refractivity contribution < 1.29 is 28.6 Å². The molecule has 0 saturated heterocycles.